The third-order valence-corrected chi connectivity index (χ3v) is 1.37. The van der Waals surface area contributed by atoms with Gasteiger partial charge in [-0.3, -0.25) is 0 Å². The standard InChI is InChI=1S/C7H14N2/c1-5-9(4)7(3)6(2)8/h5H,1,8H2,2-4H3/b7-6-. The largest absolute Gasteiger partial charge is 0.401 e. The molecule has 9 heavy (non-hydrogen) atoms. The smallest absolute Gasteiger partial charge is 0.0326 e. The lowest BCUT2D eigenvalue weighted by Crippen LogP contribution is -2.11. The number of nitrogens with zero attached hydrogens (tertiary/aromatic N) is 1. The van der Waals surface area contributed by atoms with Gasteiger partial charge in [-0.1, -0.05) is 6.58 Å². The normalized spacial score (nSPS) is 12.3. The van der Waals surface area contributed by atoms with E-state index in [2.05, 4.69) is 6.58 Å². The minimum Gasteiger partial charge on any atom is -0.401 e. The van der Waals surface area contributed by atoms with Gasteiger partial charge in [0.15, 0.2) is 0 Å². The van der Waals surface area contributed by atoms with Crippen LogP contribution in [0.4, 0.5) is 0 Å². The van der Waals surface area contributed by atoms with Crippen molar-refractivity contribution in [3.63, 3.8) is 0 Å². The summed E-state index contributed by atoms with van der Waals surface area (Å²) in [4.78, 5) is 1.88. The molecule has 0 atom stereocenters. The first-order valence-electron chi connectivity index (χ1n) is 2.88. The fourth-order valence-corrected chi connectivity index (χ4v) is 0.415. The Labute approximate surface area is 56.6 Å². The molecule has 0 aromatic heterocycles. The van der Waals surface area contributed by atoms with E-state index in [0.717, 1.165) is 11.4 Å². The molecule has 0 aromatic rings. The summed E-state index contributed by atoms with van der Waals surface area (Å²) < 4.78 is 0. The van der Waals surface area contributed by atoms with Crippen molar-refractivity contribution in [1.29, 1.82) is 0 Å². The first-order chi connectivity index (χ1) is 4.09. The maximum Gasteiger partial charge on any atom is 0.0326 e. The Morgan fingerprint density at radius 2 is 2.00 bits per heavy atom. The van der Waals surface area contributed by atoms with Gasteiger partial charge in [0, 0.05) is 18.4 Å². The van der Waals surface area contributed by atoms with Crippen molar-refractivity contribution in [2.45, 2.75) is 13.8 Å². The molecular weight excluding hydrogens is 112 g/mol. The van der Waals surface area contributed by atoms with Crippen LogP contribution in [0.2, 0.25) is 0 Å². The number of allylic oxidation sites excluding steroid dienone is 2. The van der Waals surface area contributed by atoms with Gasteiger partial charge in [0.25, 0.3) is 0 Å². The molecule has 0 aromatic carbocycles. The quantitative estimate of drug-likeness (QED) is 0.603. The van der Waals surface area contributed by atoms with E-state index in [0.29, 0.717) is 0 Å². The van der Waals surface area contributed by atoms with Crippen LogP contribution < -0.4 is 5.73 Å². The van der Waals surface area contributed by atoms with Crippen LogP contribution in [-0.4, -0.2) is 11.9 Å². The lowest BCUT2D eigenvalue weighted by molar-refractivity contribution is 0.562. The topological polar surface area (TPSA) is 29.3 Å². The highest BCUT2D eigenvalue weighted by atomic mass is 15.1. The van der Waals surface area contributed by atoms with Crippen LogP contribution in [0.25, 0.3) is 0 Å². The van der Waals surface area contributed by atoms with Crippen molar-refractivity contribution in [3.05, 3.63) is 24.2 Å². The molecule has 2 heteroatoms. The molecule has 0 aliphatic rings. The molecule has 0 radical (unpaired) electrons. The van der Waals surface area contributed by atoms with E-state index in [-0.39, 0.29) is 0 Å². The minimum absolute atomic E-state index is 0.831. The third-order valence-electron chi connectivity index (χ3n) is 1.37. The number of nitrogens with two attached hydrogens (primary N) is 1. The van der Waals surface area contributed by atoms with Crippen molar-refractivity contribution in [1.82, 2.24) is 4.90 Å². The zero-order chi connectivity index (χ0) is 7.44. The van der Waals surface area contributed by atoms with Crippen LogP contribution in [0.5, 0.6) is 0 Å². The van der Waals surface area contributed by atoms with E-state index in [1.54, 1.807) is 6.20 Å². The molecule has 0 rings (SSSR count). The van der Waals surface area contributed by atoms with Crippen molar-refractivity contribution in [2.24, 2.45) is 5.73 Å². The summed E-state index contributed by atoms with van der Waals surface area (Å²) in [5, 5.41) is 0. The second-order valence-electron chi connectivity index (χ2n) is 2.06. The van der Waals surface area contributed by atoms with E-state index >= 15 is 0 Å². The number of rotatable bonds is 2. The highest BCUT2D eigenvalue weighted by Gasteiger charge is 1.93. The zero-order valence-corrected chi connectivity index (χ0v) is 6.31. The molecule has 0 aliphatic heterocycles. The molecule has 0 unspecified atom stereocenters. The van der Waals surface area contributed by atoms with Crippen molar-refractivity contribution in [2.75, 3.05) is 7.05 Å². The molecule has 0 bridgehead atoms. The van der Waals surface area contributed by atoms with Crippen molar-refractivity contribution >= 4 is 0 Å². The van der Waals surface area contributed by atoms with E-state index in [9.17, 15) is 0 Å². The molecule has 0 spiro atoms. The number of hydrogen-bond acceptors (Lipinski definition) is 2. The third kappa shape index (κ3) is 2.22. The Balaban J connectivity index is 4.19. The molecule has 0 fully saturated rings. The second-order valence-corrected chi connectivity index (χ2v) is 2.06. The van der Waals surface area contributed by atoms with Crippen LogP contribution in [0.3, 0.4) is 0 Å². The van der Waals surface area contributed by atoms with Gasteiger partial charge in [-0.2, -0.15) is 0 Å². The maximum atomic E-state index is 5.50. The van der Waals surface area contributed by atoms with Crippen molar-refractivity contribution in [3.8, 4) is 0 Å². The Morgan fingerprint density at radius 3 is 2.11 bits per heavy atom. The first kappa shape index (κ1) is 8.08. The molecule has 2 nitrogen and oxygen atoms in total. The summed E-state index contributed by atoms with van der Waals surface area (Å²) >= 11 is 0. The Bertz CT molecular complexity index is 132. The molecule has 0 aliphatic carbocycles. The van der Waals surface area contributed by atoms with Gasteiger partial charge in [0.05, 0.1) is 0 Å². The predicted molar refractivity (Wildman–Crippen MR) is 40.5 cm³/mol. The van der Waals surface area contributed by atoms with Gasteiger partial charge in [-0.25, -0.2) is 0 Å². The van der Waals surface area contributed by atoms with E-state index in [1.807, 2.05) is 25.8 Å². The summed E-state index contributed by atoms with van der Waals surface area (Å²) in [5.41, 5.74) is 7.38. The molecule has 0 saturated heterocycles. The van der Waals surface area contributed by atoms with E-state index in [4.69, 9.17) is 5.73 Å². The van der Waals surface area contributed by atoms with Crippen LogP contribution in [0.1, 0.15) is 13.8 Å². The average molecular weight is 126 g/mol. The van der Waals surface area contributed by atoms with Gasteiger partial charge >= 0.3 is 0 Å². The first-order valence-corrected chi connectivity index (χ1v) is 2.88. The summed E-state index contributed by atoms with van der Waals surface area (Å²) in [6.45, 7) is 7.43. The van der Waals surface area contributed by atoms with Crippen LogP contribution >= 0.6 is 0 Å². The summed E-state index contributed by atoms with van der Waals surface area (Å²) in [5.74, 6) is 0. The van der Waals surface area contributed by atoms with Gasteiger partial charge in [0.2, 0.25) is 0 Å². The zero-order valence-electron chi connectivity index (χ0n) is 6.31. The van der Waals surface area contributed by atoms with Gasteiger partial charge in [-0.05, 0) is 20.0 Å². The summed E-state index contributed by atoms with van der Waals surface area (Å²) in [6.07, 6.45) is 1.73. The predicted octanol–water partition coefficient (Wildman–Crippen LogP) is 1.27. The summed E-state index contributed by atoms with van der Waals surface area (Å²) in [7, 11) is 1.92. The highest BCUT2D eigenvalue weighted by molar-refractivity contribution is 5.06. The molecule has 0 amide bonds. The van der Waals surface area contributed by atoms with Crippen LogP contribution in [0.15, 0.2) is 24.2 Å². The SMILES string of the molecule is C=CN(C)/C(C)=C(/C)N. The molecule has 52 valence electrons. The second kappa shape index (κ2) is 3.17. The van der Waals surface area contributed by atoms with E-state index in [1.165, 1.54) is 0 Å². The molecule has 0 heterocycles. The maximum absolute atomic E-state index is 5.50. The lowest BCUT2D eigenvalue weighted by atomic mass is 10.3. The summed E-state index contributed by atoms with van der Waals surface area (Å²) in [6, 6.07) is 0. The molecule has 0 saturated carbocycles. The van der Waals surface area contributed by atoms with Crippen LogP contribution in [-0.2, 0) is 0 Å². The van der Waals surface area contributed by atoms with Gasteiger partial charge in [0.1, 0.15) is 0 Å². The highest BCUT2D eigenvalue weighted by Crippen LogP contribution is 2.01. The number of hydrogen-bond donors (Lipinski definition) is 1. The molecular formula is C7H14N2. The minimum atomic E-state index is 0.831. The monoisotopic (exact) mass is 126 g/mol. The average Bonchev–Trinajstić information content (AvgIpc) is 1.84. The van der Waals surface area contributed by atoms with Gasteiger partial charge < -0.3 is 10.6 Å². The Morgan fingerprint density at radius 1 is 1.56 bits per heavy atom. The fourth-order valence-electron chi connectivity index (χ4n) is 0.415. The van der Waals surface area contributed by atoms with E-state index < -0.39 is 0 Å². The van der Waals surface area contributed by atoms with Crippen LogP contribution in [0, 0.1) is 0 Å². The van der Waals surface area contributed by atoms with Crippen molar-refractivity contribution < 1.29 is 0 Å². The Kier molecular flexibility index (Phi) is 2.85. The molecule has 2 N–H and O–H groups in total. The van der Waals surface area contributed by atoms with Gasteiger partial charge in [-0.15, -0.1) is 0 Å². The Hall–Kier alpha value is -0.920. The lowest BCUT2D eigenvalue weighted by Gasteiger charge is -2.14. The fraction of sp³-hybridized carbons (Fsp3) is 0.429.